The molecule has 0 radical (unpaired) electrons. The molecule has 0 aromatic rings. The van der Waals surface area contributed by atoms with Crippen molar-refractivity contribution in [3.8, 4) is 0 Å². The lowest BCUT2D eigenvalue weighted by molar-refractivity contribution is 0.174. The van der Waals surface area contributed by atoms with Crippen LogP contribution >= 0.6 is 0 Å². The first kappa shape index (κ1) is 6.41. The average molecular weight is 100 g/mol. The highest BCUT2D eigenvalue weighted by molar-refractivity contribution is 5.62. The van der Waals surface area contributed by atoms with Crippen LogP contribution in [0.1, 0.15) is 6.92 Å². The third-order valence-electron chi connectivity index (χ3n) is 0.687. The number of rotatable bonds is 2. The van der Waals surface area contributed by atoms with Crippen molar-refractivity contribution in [2.45, 2.75) is 13.0 Å². The van der Waals surface area contributed by atoms with E-state index in [-0.39, 0.29) is 6.10 Å². The van der Waals surface area contributed by atoms with Crippen LogP contribution in [0.3, 0.4) is 0 Å². The van der Waals surface area contributed by atoms with Crippen molar-refractivity contribution in [1.29, 1.82) is 0 Å². The molecule has 0 aromatic heterocycles. The van der Waals surface area contributed by atoms with Crippen molar-refractivity contribution in [2.75, 3.05) is 7.11 Å². The van der Waals surface area contributed by atoms with Crippen LogP contribution in [0.25, 0.3) is 0 Å². The highest BCUT2D eigenvalue weighted by Crippen LogP contribution is 1.75. The Balaban J connectivity index is 3.35. The summed E-state index contributed by atoms with van der Waals surface area (Å²) in [5, 5.41) is 0. The fourth-order valence-electron chi connectivity index (χ4n) is 0.209. The maximum Gasteiger partial charge on any atom is 0.296 e. The zero-order valence-corrected chi connectivity index (χ0v) is 4.72. The lowest BCUT2D eigenvalue weighted by Gasteiger charge is -1.90. The van der Waals surface area contributed by atoms with E-state index in [0.29, 0.717) is 0 Å². The molecule has 1 unspecified atom stereocenters. The fraction of sp³-hybridized carbons (Fsp3) is 0.600. The minimum atomic E-state index is 0.0949. The topological polar surface area (TPSA) is 23.3 Å². The molecular formula is C5H10NO+. The molecule has 7 heavy (non-hydrogen) atoms. The molecule has 0 aliphatic rings. The fourth-order valence-corrected chi connectivity index (χ4v) is 0.209. The lowest BCUT2D eigenvalue weighted by atomic mass is 10.5. The molecule has 0 rings (SSSR count). The predicted octanol–water partition coefficient (Wildman–Crippen LogP) is -0.140. The minimum Gasteiger partial charge on any atom is -0.370 e. The molecule has 0 aromatic carbocycles. The van der Waals surface area contributed by atoms with Gasteiger partial charge < -0.3 is 4.74 Å². The normalized spacial score (nSPS) is 12.3. The summed E-state index contributed by atoms with van der Waals surface area (Å²) in [5.74, 6) is 0. The van der Waals surface area contributed by atoms with Gasteiger partial charge in [0.05, 0.1) is 0 Å². The van der Waals surface area contributed by atoms with Crippen LogP contribution in [0.5, 0.6) is 0 Å². The van der Waals surface area contributed by atoms with Crippen molar-refractivity contribution < 1.29 is 4.74 Å². The molecule has 0 saturated carbocycles. The first-order chi connectivity index (χ1) is 3.31. The summed E-state index contributed by atoms with van der Waals surface area (Å²) in [7, 11) is 1.63. The largest absolute Gasteiger partial charge is 0.370 e. The molecule has 0 bridgehead atoms. The standard InChI is InChI=1S/C5H10NO/c1-5(7-3)4-6-2/h4-5H,2H2,1,3H3/q+1. The second-order valence-corrected chi connectivity index (χ2v) is 1.27. The highest BCUT2D eigenvalue weighted by atomic mass is 16.5. The third kappa shape index (κ3) is 3.23. The van der Waals surface area contributed by atoms with E-state index in [2.05, 4.69) is 11.4 Å². The predicted molar refractivity (Wildman–Crippen MR) is 31.8 cm³/mol. The molecule has 0 N–H and O–H groups in total. The summed E-state index contributed by atoms with van der Waals surface area (Å²) < 4.78 is 8.31. The van der Waals surface area contributed by atoms with Gasteiger partial charge in [-0.25, -0.2) is 0 Å². The van der Waals surface area contributed by atoms with Gasteiger partial charge in [-0.15, -0.1) is 4.67 Å². The Morgan fingerprint density at radius 1 is 1.86 bits per heavy atom. The number of methoxy groups -OCH3 is 1. The van der Waals surface area contributed by atoms with Crippen molar-refractivity contribution in [1.82, 2.24) is 4.67 Å². The van der Waals surface area contributed by atoms with Gasteiger partial charge in [-0.1, -0.05) is 0 Å². The maximum atomic E-state index is 4.80. The van der Waals surface area contributed by atoms with Crippen molar-refractivity contribution in [3.05, 3.63) is 0 Å². The second kappa shape index (κ2) is 3.59. The van der Waals surface area contributed by atoms with Crippen molar-refractivity contribution >= 4 is 12.9 Å². The molecule has 0 aliphatic heterocycles. The van der Waals surface area contributed by atoms with Gasteiger partial charge in [0.1, 0.15) is 6.10 Å². The van der Waals surface area contributed by atoms with E-state index in [1.807, 2.05) is 6.92 Å². The van der Waals surface area contributed by atoms with E-state index in [1.165, 1.54) is 0 Å². The molecule has 2 heteroatoms. The summed E-state index contributed by atoms with van der Waals surface area (Å²) in [6.45, 7) is 5.16. The van der Waals surface area contributed by atoms with Crippen molar-refractivity contribution in [2.24, 2.45) is 0 Å². The van der Waals surface area contributed by atoms with E-state index >= 15 is 0 Å². The molecule has 1 atom stereocenters. The van der Waals surface area contributed by atoms with Gasteiger partial charge in [0.15, 0.2) is 0 Å². The van der Waals surface area contributed by atoms with E-state index in [0.717, 1.165) is 0 Å². The molecule has 40 valence electrons. The lowest BCUT2D eigenvalue weighted by Crippen LogP contribution is -2.06. The van der Waals surface area contributed by atoms with E-state index in [1.54, 1.807) is 13.3 Å². The summed E-state index contributed by atoms with van der Waals surface area (Å²) in [5.41, 5.74) is 0. The average Bonchev–Trinajstić information content (AvgIpc) is 1.68. The van der Waals surface area contributed by atoms with Gasteiger partial charge in [0.25, 0.3) is 12.9 Å². The summed E-state index contributed by atoms with van der Waals surface area (Å²) in [6.07, 6.45) is 1.73. The molecule has 2 nitrogen and oxygen atoms in total. The Labute approximate surface area is 43.6 Å². The molecule has 0 fully saturated rings. The van der Waals surface area contributed by atoms with Crippen LogP contribution in [0.4, 0.5) is 0 Å². The Kier molecular flexibility index (Phi) is 3.29. The summed E-state index contributed by atoms with van der Waals surface area (Å²) in [4.78, 5) is 0. The number of ether oxygens (including phenoxy) is 1. The number of hydrogen-bond donors (Lipinski definition) is 0. The Morgan fingerprint density at radius 2 is 2.43 bits per heavy atom. The number of hydrogen-bond acceptors (Lipinski definition) is 1. The number of nitrogens with zero attached hydrogens (tertiary/aromatic N) is 1. The van der Waals surface area contributed by atoms with E-state index < -0.39 is 0 Å². The van der Waals surface area contributed by atoms with Gasteiger partial charge in [0, 0.05) is 7.11 Å². The van der Waals surface area contributed by atoms with Crippen LogP contribution in [0.2, 0.25) is 0 Å². The van der Waals surface area contributed by atoms with Gasteiger partial charge in [-0.05, 0) is 6.92 Å². The van der Waals surface area contributed by atoms with Gasteiger partial charge in [-0.2, -0.15) is 0 Å². The third-order valence-corrected chi connectivity index (χ3v) is 0.687. The molecule has 0 amide bonds. The van der Waals surface area contributed by atoms with Gasteiger partial charge in [0.2, 0.25) is 0 Å². The molecular weight excluding hydrogens is 90.1 g/mol. The van der Waals surface area contributed by atoms with E-state index in [9.17, 15) is 0 Å². The highest BCUT2D eigenvalue weighted by Gasteiger charge is 1.95. The summed E-state index contributed by atoms with van der Waals surface area (Å²) in [6, 6.07) is 0. The molecule has 0 saturated heterocycles. The Bertz CT molecular complexity index is 84.1. The Morgan fingerprint density at radius 3 is 2.57 bits per heavy atom. The van der Waals surface area contributed by atoms with Crippen LogP contribution in [0.15, 0.2) is 0 Å². The molecule has 0 spiro atoms. The molecule has 0 heterocycles. The van der Waals surface area contributed by atoms with Crippen LogP contribution in [0, 0.1) is 0 Å². The van der Waals surface area contributed by atoms with Crippen LogP contribution in [-0.2, 0) is 4.74 Å². The second-order valence-electron chi connectivity index (χ2n) is 1.27. The van der Waals surface area contributed by atoms with Gasteiger partial charge in [-0.3, -0.25) is 0 Å². The monoisotopic (exact) mass is 100 g/mol. The quantitative estimate of drug-likeness (QED) is 0.350. The van der Waals surface area contributed by atoms with E-state index in [4.69, 9.17) is 4.74 Å². The van der Waals surface area contributed by atoms with Crippen molar-refractivity contribution in [3.63, 3.8) is 0 Å². The van der Waals surface area contributed by atoms with Crippen LogP contribution < -0.4 is 4.67 Å². The summed E-state index contributed by atoms with van der Waals surface area (Å²) >= 11 is 0. The minimum absolute atomic E-state index is 0.0949. The smallest absolute Gasteiger partial charge is 0.296 e. The zero-order chi connectivity index (χ0) is 5.70. The van der Waals surface area contributed by atoms with Gasteiger partial charge >= 0.3 is 0 Å². The van der Waals surface area contributed by atoms with Crippen LogP contribution in [-0.4, -0.2) is 26.1 Å². The first-order valence-corrected chi connectivity index (χ1v) is 2.13. The Hall–Kier alpha value is -0.590. The SMILES string of the molecule is C=[N+]=CC(C)OC. The molecule has 0 aliphatic carbocycles. The maximum absolute atomic E-state index is 4.80. The zero-order valence-electron chi connectivity index (χ0n) is 4.72. The first-order valence-electron chi connectivity index (χ1n) is 2.13.